The molecular formula is C115H202O16P2. The smallest absolute Gasteiger partial charge is 0.463 e. The first kappa shape index (κ1) is 128. The molecule has 0 aliphatic heterocycles. The van der Waals surface area contributed by atoms with Crippen LogP contribution in [-0.2, 0) is 55.8 Å². The van der Waals surface area contributed by atoms with Gasteiger partial charge in [-0.05, 0) is 154 Å². The van der Waals surface area contributed by atoms with Crippen LogP contribution in [-0.4, -0.2) is 95.9 Å². The van der Waals surface area contributed by atoms with E-state index in [1.807, 2.05) is 0 Å². The third-order valence-electron chi connectivity index (χ3n) is 23.7. The van der Waals surface area contributed by atoms with Gasteiger partial charge in [0.2, 0.25) is 0 Å². The highest BCUT2D eigenvalue weighted by molar-refractivity contribution is 7.47. The molecule has 0 heterocycles. The molecule has 0 bridgehead atoms. The van der Waals surface area contributed by atoms with Gasteiger partial charge in [0.25, 0.3) is 0 Å². The number of phosphoric ester groups is 2. The molecule has 18 heteroatoms. The molecule has 5 atom stereocenters. The molecule has 0 amide bonds. The van der Waals surface area contributed by atoms with Crippen LogP contribution >= 0.6 is 15.6 Å². The van der Waals surface area contributed by atoms with E-state index in [1.165, 1.54) is 295 Å². The second kappa shape index (κ2) is 106. The van der Waals surface area contributed by atoms with Crippen molar-refractivity contribution in [2.24, 2.45) is 0 Å². The molecule has 0 aliphatic carbocycles. The van der Waals surface area contributed by atoms with Crippen molar-refractivity contribution in [3.63, 3.8) is 0 Å². The molecule has 0 radical (unpaired) electrons. The second-order valence-corrected chi connectivity index (χ2v) is 39.6. The van der Waals surface area contributed by atoms with Gasteiger partial charge in [0.15, 0.2) is 6.10 Å². The number of carbonyl (C=O) groups is 3. The predicted octanol–water partition coefficient (Wildman–Crippen LogP) is 35.1. The van der Waals surface area contributed by atoms with E-state index in [2.05, 4.69) is 179 Å². The Morgan fingerprint density at radius 1 is 0.218 bits per heavy atom. The third kappa shape index (κ3) is 107. The molecular weight excluding hydrogens is 1700 g/mol. The number of ether oxygens (including phenoxy) is 3. The molecule has 768 valence electrons. The fourth-order valence-electron chi connectivity index (χ4n) is 15.5. The average molecular weight is 1900 g/mol. The Morgan fingerprint density at radius 2 is 0.398 bits per heavy atom. The fourth-order valence-corrected chi connectivity index (χ4v) is 17.0. The van der Waals surface area contributed by atoms with E-state index < -0.39 is 91.5 Å². The van der Waals surface area contributed by atoms with Gasteiger partial charge in [-0.25, -0.2) is 9.13 Å². The van der Waals surface area contributed by atoms with Crippen molar-refractivity contribution in [3.8, 4) is 0 Å². The van der Waals surface area contributed by atoms with Gasteiger partial charge in [0.1, 0.15) is 25.4 Å². The highest BCUT2D eigenvalue weighted by Gasteiger charge is 2.30. The number of carbonyl (C=O) groups excluding carboxylic acids is 3. The summed E-state index contributed by atoms with van der Waals surface area (Å²) in [5.41, 5.74) is 0. The van der Waals surface area contributed by atoms with E-state index in [0.29, 0.717) is 19.3 Å². The quantitative estimate of drug-likeness (QED) is 0.0146. The van der Waals surface area contributed by atoms with Crippen LogP contribution in [0.3, 0.4) is 0 Å². The minimum Gasteiger partial charge on any atom is -0.463 e. The number of unbranched alkanes of at least 4 members (excludes halogenated alkanes) is 55. The Morgan fingerprint density at radius 3 is 0.632 bits per heavy atom. The molecule has 0 saturated carbocycles. The van der Waals surface area contributed by atoms with Crippen LogP contribution in [0.15, 0.2) is 158 Å². The minimum absolute atomic E-state index is 0.102. The monoisotopic (exact) mass is 1900 g/mol. The molecule has 4 N–H and O–H groups in total. The van der Waals surface area contributed by atoms with Gasteiger partial charge in [0.05, 0.1) is 26.4 Å². The lowest BCUT2D eigenvalue weighted by molar-refractivity contribution is -0.161. The van der Waals surface area contributed by atoms with Crippen LogP contribution in [0.4, 0.5) is 0 Å². The maximum Gasteiger partial charge on any atom is 0.472 e. The molecule has 0 rings (SSSR count). The van der Waals surface area contributed by atoms with Crippen LogP contribution in [0.5, 0.6) is 0 Å². The summed E-state index contributed by atoms with van der Waals surface area (Å²) in [6, 6.07) is 0. The lowest BCUT2D eigenvalue weighted by Crippen LogP contribution is -2.30. The van der Waals surface area contributed by atoms with Gasteiger partial charge in [-0.3, -0.25) is 32.5 Å². The third-order valence-corrected chi connectivity index (χ3v) is 25.6. The van der Waals surface area contributed by atoms with Crippen LogP contribution < -0.4 is 0 Å². The molecule has 0 fully saturated rings. The zero-order chi connectivity index (χ0) is 96.4. The van der Waals surface area contributed by atoms with Crippen molar-refractivity contribution in [1.29, 1.82) is 0 Å². The van der Waals surface area contributed by atoms with Crippen molar-refractivity contribution in [1.82, 2.24) is 0 Å². The van der Waals surface area contributed by atoms with Crippen LogP contribution in [0.2, 0.25) is 0 Å². The minimum atomic E-state index is -4.95. The number of aliphatic hydroxyl groups is 2. The molecule has 0 aromatic carbocycles. The Bertz CT molecular complexity index is 3050. The Kier molecular flexibility index (Phi) is 102. The summed E-state index contributed by atoms with van der Waals surface area (Å²) in [4.78, 5) is 59.3. The summed E-state index contributed by atoms with van der Waals surface area (Å²) >= 11 is 0. The number of aliphatic hydroxyl groups excluding tert-OH is 2. The van der Waals surface area contributed by atoms with Crippen molar-refractivity contribution < 1.29 is 75.8 Å². The fraction of sp³-hybridized carbons (Fsp3) is 0.748. The zero-order valence-electron chi connectivity index (χ0n) is 85.4. The number of allylic oxidation sites excluding steroid dienone is 26. The number of esters is 3. The van der Waals surface area contributed by atoms with Crippen LogP contribution in [0.25, 0.3) is 0 Å². The lowest BCUT2D eigenvalue weighted by atomic mass is 10.0. The van der Waals surface area contributed by atoms with E-state index in [0.717, 1.165) is 141 Å². The van der Waals surface area contributed by atoms with E-state index in [4.69, 9.17) is 32.3 Å². The lowest BCUT2D eigenvalue weighted by Gasteiger charge is -2.21. The van der Waals surface area contributed by atoms with Crippen molar-refractivity contribution in [2.75, 3.05) is 39.6 Å². The van der Waals surface area contributed by atoms with Crippen molar-refractivity contribution in [3.05, 3.63) is 158 Å². The molecule has 0 aliphatic rings. The maximum absolute atomic E-state index is 13.2. The topological polar surface area (TPSA) is 231 Å². The summed E-state index contributed by atoms with van der Waals surface area (Å²) < 4.78 is 61.8. The first-order chi connectivity index (χ1) is 65.2. The van der Waals surface area contributed by atoms with Gasteiger partial charge in [0, 0.05) is 19.3 Å². The van der Waals surface area contributed by atoms with Gasteiger partial charge >= 0.3 is 33.6 Å². The van der Waals surface area contributed by atoms with E-state index in [1.54, 1.807) is 0 Å². The number of rotatable bonds is 104. The van der Waals surface area contributed by atoms with E-state index >= 15 is 0 Å². The number of phosphoric acid groups is 2. The zero-order valence-corrected chi connectivity index (χ0v) is 87.2. The van der Waals surface area contributed by atoms with E-state index in [9.17, 15) is 43.5 Å². The molecule has 0 aromatic heterocycles. The molecule has 0 aromatic rings. The van der Waals surface area contributed by atoms with E-state index in [-0.39, 0.29) is 19.3 Å². The number of hydrogen-bond donors (Lipinski definition) is 4. The van der Waals surface area contributed by atoms with Crippen molar-refractivity contribution in [2.45, 2.75) is 514 Å². The SMILES string of the molecule is CC/C=C\C/C=C\C/C=C\C/C=C\C/C=C\CCCCCCCCCCCCCCCCCCCC(=O)OCC(COP(=O)(O)OCC(O)COP(=O)(O)OCC(O)COC(=O)CCCCCCCCCCCCCCCCCCCCC/C=C\C/C=C\C/C=C\C/C=C\CCCCC)OC(=O)CCCCCCCCCCCCCCC/C=C\C/C=C\C/C=C\C/C=C\CCCCC. The summed E-state index contributed by atoms with van der Waals surface area (Å²) in [5, 5.41) is 20.8. The first-order valence-electron chi connectivity index (χ1n) is 54.8. The largest absolute Gasteiger partial charge is 0.472 e. The first-order valence-corrected chi connectivity index (χ1v) is 57.8. The number of hydrogen-bond acceptors (Lipinski definition) is 14. The second-order valence-electron chi connectivity index (χ2n) is 36.7. The normalized spacial score (nSPS) is 14.2. The molecule has 133 heavy (non-hydrogen) atoms. The maximum atomic E-state index is 13.2. The van der Waals surface area contributed by atoms with Gasteiger partial charge in [-0.2, -0.15) is 0 Å². The standard InChI is InChI=1S/C115H202O16P2/c1-4-7-10-13-16-19-22-25-28-31-34-37-40-43-46-49-51-53-54-56-58-60-62-65-68-71-74-77-80-83-86-89-92-95-98-101-113(118)125-104-110(116)105-127-132(121,122)128-106-111(117)107-129-133(123,124)130-109-112(131-115(120)103-100-97-94-91-88-85-82-79-76-73-70-67-64-59-48-45-42-39-36-33-30-27-24-21-18-15-12-9-6-3)108-126-114(119)102-99-96-93-90-87-84-81-78-75-72-69-66-63-61-57-55-52-50-47-44-41-38-35-32-29-26-23-20-17-14-11-8-5-2/h8,11,16-21,25-30,34-39,43-48,110-112,116-117H,4-7,9-10,12-15,22-24,31-33,40-42,49-109H2,1-3H3,(H,121,122)(H,123,124)/b11-8-,19-16-,20-17-,21-18-,28-25-,29-26-,30-27-,37-34-,38-35-,39-36-,46-43-,47-44-,48-45-. The predicted molar refractivity (Wildman–Crippen MR) is 565 cm³/mol. The molecule has 0 saturated heterocycles. The molecule has 0 spiro atoms. The summed E-state index contributed by atoms with van der Waals surface area (Å²) in [5.74, 6) is -1.55. The average Bonchev–Trinajstić information content (AvgIpc) is 0.895. The Hall–Kier alpha value is -4.83. The van der Waals surface area contributed by atoms with Gasteiger partial charge in [-0.1, -0.05) is 481 Å². The summed E-state index contributed by atoms with van der Waals surface area (Å²) in [7, 11) is -9.82. The van der Waals surface area contributed by atoms with Crippen LogP contribution in [0.1, 0.15) is 496 Å². The molecule has 16 nitrogen and oxygen atoms in total. The summed E-state index contributed by atoms with van der Waals surface area (Å²) in [6.45, 7) is 2.62. The highest BCUT2D eigenvalue weighted by Crippen LogP contribution is 2.45. The van der Waals surface area contributed by atoms with Crippen molar-refractivity contribution >= 4 is 33.6 Å². The Balaban J connectivity index is 4.57. The van der Waals surface area contributed by atoms with Crippen LogP contribution in [0, 0.1) is 0 Å². The van der Waals surface area contributed by atoms with Gasteiger partial charge < -0.3 is 34.2 Å². The molecule has 5 unspecified atom stereocenters. The summed E-state index contributed by atoms with van der Waals surface area (Å²) in [6.07, 6.45) is 139. The highest BCUT2D eigenvalue weighted by atomic mass is 31.2. The van der Waals surface area contributed by atoms with Gasteiger partial charge in [-0.15, -0.1) is 0 Å². The Labute approximate surface area is 816 Å².